The van der Waals surface area contributed by atoms with Gasteiger partial charge in [0.25, 0.3) is 0 Å². The zero-order valence-corrected chi connectivity index (χ0v) is 10.6. The van der Waals surface area contributed by atoms with E-state index in [0.29, 0.717) is 5.76 Å². The number of ether oxygens (including phenoxy) is 2. The summed E-state index contributed by atoms with van der Waals surface area (Å²) in [5.74, 6) is 0.557. The topological polar surface area (TPSA) is 68.9 Å². The van der Waals surface area contributed by atoms with Crippen LogP contribution in [0.1, 0.15) is 30.9 Å². The molecule has 0 aromatic carbocycles. The van der Waals surface area contributed by atoms with Crippen LogP contribution in [0, 0.1) is 0 Å². The molecule has 1 aromatic rings. The minimum Gasteiger partial charge on any atom is -0.508 e. The second-order valence-electron chi connectivity index (χ2n) is 4.60. The second kappa shape index (κ2) is 5.54. The Labute approximate surface area is 105 Å². The Balaban J connectivity index is 2.17. The molecule has 0 amide bonds. The van der Waals surface area contributed by atoms with Crippen LogP contribution in [0.25, 0.3) is 0 Å². The molecule has 0 saturated heterocycles. The summed E-state index contributed by atoms with van der Waals surface area (Å²) in [7, 11) is 3.32. The van der Waals surface area contributed by atoms with Gasteiger partial charge in [-0.05, 0) is 19.3 Å². The van der Waals surface area contributed by atoms with E-state index < -0.39 is 5.63 Å². The lowest BCUT2D eigenvalue weighted by Gasteiger charge is -2.33. The number of rotatable bonds is 3. The van der Waals surface area contributed by atoms with Crippen molar-refractivity contribution in [2.75, 3.05) is 14.2 Å². The average Bonchev–Trinajstić information content (AvgIpc) is 2.36. The quantitative estimate of drug-likeness (QED) is 0.888. The van der Waals surface area contributed by atoms with Gasteiger partial charge in [-0.25, -0.2) is 4.79 Å². The monoisotopic (exact) mass is 254 g/mol. The standard InChI is InChI=1S/C13H18O5/c1-16-10-4-3-8(5-12(10)17-2)11-6-9(14)7-13(15)18-11/h6-8,10,12,14H,3-5H2,1-2H3. The highest BCUT2D eigenvalue weighted by atomic mass is 16.5. The smallest absolute Gasteiger partial charge is 0.339 e. The predicted molar refractivity (Wildman–Crippen MR) is 64.8 cm³/mol. The van der Waals surface area contributed by atoms with E-state index in [1.54, 1.807) is 14.2 Å². The summed E-state index contributed by atoms with van der Waals surface area (Å²) in [6.07, 6.45) is 2.49. The highest BCUT2D eigenvalue weighted by Gasteiger charge is 2.32. The Kier molecular flexibility index (Phi) is 4.04. The molecule has 0 spiro atoms. The van der Waals surface area contributed by atoms with E-state index >= 15 is 0 Å². The van der Waals surface area contributed by atoms with Crippen LogP contribution in [0.5, 0.6) is 5.75 Å². The maximum Gasteiger partial charge on any atom is 0.339 e. The number of hydrogen-bond acceptors (Lipinski definition) is 5. The summed E-state index contributed by atoms with van der Waals surface area (Å²) in [5.41, 5.74) is -0.521. The zero-order valence-electron chi connectivity index (χ0n) is 10.6. The van der Waals surface area contributed by atoms with Gasteiger partial charge >= 0.3 is 5.63 Å². The zero-order chi connectivity index (χ0) is 13.1. The van der Waals surface area contributed by atoms with Gasteiger partial charge < -0.3 is 19.0 Å². The average molecular weight is 254 g/mol. The minimum absolute atomic E-state index is 0.0126. The number of methoxy groups -OCH3 is 2. The summed E-state index contributed by atoms with van der Waals surface area (Å²) in [6.45, 7) is 0. The molecule has 5 heteroatoms. The molecule has 1 aromatic heterocycles. The summed E-state index contributed by atoms with van der Waals surface area (Å²) in [5, 5.41) is 9.43. The molecular formula is C13H18O5. The minimum atomic E-state index is -0.521. The first-order valence-electron chi connectivity index (χ1n) is 6.03. The third-order valence-electron chi connectivity index (χ3n) is 3.51. The van der Waals surface area contributed by atoms with Crippen molar-refractivity contribution in [2.24, 2.45) is 0 Å². The lowest BCUT2D eigenvalue weighted by molar-refractivity contribution is -0.0640. The molecule has 3 atom stereocenters. The molecule has 18 heavy (non-hydrogen) atoms. The van der Waals surface area contributed by atoms with Crippen molar-refractivity contribution in [2.45, 2.75) is 37.4 Å². The van der Waals surface area contributed by atoms with Gasteiger partial charge in [-0.15, -0.1) is 0 Å². The van der Waals surface area contributed by atoms with Crippen LogP contribution < -0.4 is 5.63 Å². The Morgan fingerprint density at radius 2 is 1.94 bits per heavy atom. The molecule has 1 N–H and O–H groups in total. The molecule has 1 aliphatic rings. The fourth-order valence-electron chi connectivity index (χ4n) is 2.56. The van der Waals surface area contributed by atoms with Crippen molar-refractivity contribution in [1.82, 2.24) is 0 Å². The van der Waals surface area contributed by atoms with E-state index in [2.05, 4.69) is 0 Å². The maximum absolute atomic E-state index is 11.2. The van der Waals surface area contributed by atoms with Gasteiger partial charge in [-0.3, -0.25) is 0 Å². The third-order valence-corrected chi connectivity index (χ3v) is 3.51. The largest absolute Gasteiger partial charge is 0.508 e. The Morgan fingerprint density at radius 3 is 2.56 bits per heavy atom. The van der Waals surface area contributed by atoms with E-state index in [1.807, 2.05) is 0 Å². The molecule has 0 radical (unpaired) electrons. The molecule has 5 nitrogen and oxygen atoms in total. The van der Waals surface area contributed by atoms with Crippen LogP contribution in [0.4, 0.5) is 0 Å². The lowest BCUT2D eigenvalue weighted by atomic mass is 9.83. The van der Waals surface area contributed by atoms with Crippen molar-refractivity contribution in [3.63, 3.8) is 0 Å². The summed E-state index contributed by atoms with van der Waals surface area (Å²) >= 11 is 0. The molecular weight excluding hydrogens is 236 g/mol. The fraction of sp³-hybridized carbons (Fsp3) is 0.615. The van der Waals surface area contributed by atoms with Crippen molar-refractivity contribution >= 4 is 0 Å². The van der Waals surface area contributed by atoms with Gasteiger partial charge in [-0.1, -0.05) is 0 Å². The van der Waals surface area contributed by atoms with Crippen molar-refractivity contribution in [3.8, 4) is 5.75 Å². The van der Waals surface area contributed by atoms with Gasteiger partial charge in [0.2, 0.25) is 0 Å². The number of aromatic hydroxyl groups is 1. The number of hydrogen-bond donors (Lipinski definition) is 1. The Morgan fingerprint density at radius 1 is 1.22 bits per heavy atom. The first-order chi connectivity index (χ1) is 8.63. The van der Waals surface area contributed by atoms with Crippen LogP contribution in [0.2, 0.25) is 0 Å². The summed E-state index contributed by atoms with van der Waals surface area (Å²) in [6, 6.07) is 2.57. The van der Waals surface area contributed by atoms with E-state index in [1.165, 1.54) is 6.07 Å². The maximum atomic E-state index is 11.2. The molecule has 1 aliphatic carbocycles. The van der Waals surface area contributed by atoms with Crippen molar-refractivity contribution in [3.05, 3.63) is 28.3 Å². The first-order valence-corrected chi connectivity index (χ1v) is 6.03. The van der Waals surface area contributed by atoms with Crippen LogP contribution in [0.15, 0.2) is 21.3 Å². The SMILES string of the molecule is COC1CCC(c2cc(O)cc(=O)o2)CC1OC. The molecule has 1 heterocycles. The van der Waals surface area contributed by atoms with Crippen LogP contribution >= 0.6 is 0 Å². The second-order valence-corrected chi connectivity index (χ2v) is 4.60. The van der Waals surface area contributed by atoms with Crippen LogP contribution in [0.3, 0.4) is 0 Å². The van der Waals surface area contributed by atoms with Gasteiger partial charge in [0.1, 0.15) is 11.5 Å². The molecule has 2 rings (SSSR count). The van der Waals surface area contributed by atoms with E-state index in [-0.39, 0.29) is 23.9 Å². The van der Waals surface area contributed by atoms with Gasteiger partial charge in [-0.2, -0.15) is 0 Å². The summed E-state index contributed by atoms with van der Waals surface area (Å²) in [4.78, 5) is 11.2. The normalized spacial score (nSPS) is 28.2. The van der Waals surface area contributed by atoms with E-state index in [4.69, 9.17) is 13.9 Å². The predicted octanol–water partition coefficient (Wildman–Crippen LogP) is 1.64. The van der Waals surface area contributed by atoms with Gasteiger partial charge in [0.15, 0.2) is 0 Å². The van der Waals surface area contributed by atoms with Gasteiger partial charge in [0.05, 0.1) is 18.3 Å². The fourth-order valence-corrected chi connectivity index (χ4v) is 2.56. The molecule has 1 fully saturated rings. The Bertz CT molecular complexity index is 453. The molecule has 0 bridgehead atoms. The molecule has 100 valence electrons. The third kappa shape index (κ3) is 2.73. The van der Waals surface area contributed by atoms with Gasteiger partial charge in [0, 0.05) is 26.2 Å². The molecule has 3 unspecified atom stereocenters. The Hall–Kier alpha value is -1.33. The van der Waals surface area contributed by atoms with Crippen molar-refractivity contribution in [1.29, 1.82) is 0 Å². The lowest BCUT2D eigenvalue weighted by Crippen LogP contribution is -2.36. The van der Waals surface area contributed by atoms with E-state index in [9.17, 15) is 9.90 Å². The first kappa shape index (κ1) is 13.1. The van der Waals surface area contributed by atoms with Crippen molar-refractivity contribution < 1.29 is 19.0 Å². The van der Waals surface area contributed by atoms with E-state index in [0.717, 1.165) is 25.3 Å². The van der Waals surface area contributed by atoms with Crippen LogP contribution in [-0.4, -0.2) is 31.5 Å². The summed E-state index contributed by atoms with van der Waals surface area (Å²) < 4.78 is 15.9. The molecule has 1 saturated carbocycles. The molecule has 0 aliphatic heterocycles. The highest BCUT2D eigenvalue weighted by molar-refractivity contribution is 5.21. The highest BCUT2D eigenvalue weighted by Crippen LogP contribution is 2.35. The van der Waals surface area contributed by atoms with Crippen LogP contribution in [-0.2, 0) is 9.47 Å².